The number of ether oxygens (including phenoxy) is 1. The van der Waals surface area contributed by atoms with Gasteiger partial charge in [-0.1, -0.05) is 12.1 Å². The summed E-state index contributed by atoms with van der Waals surface area (Å²) in [6, 6.07) is 3.36. The number of aromatic nitrogens is 1. The van der Waals surface area contributed by atoms with Gasteiger partial charge >= 0.3 is 5.97 Å². The molecule has 0 spiro atoms. The van der Waals surface area contributed by atoms with E-state index in [4.69, 9.17) is 9.26 Å². The van der Waals surface area contributed by atoms with Crippen LogP contribution in [0.2, 0.25) is 0 Å². The molecule has 0 aliphatic carbocycles. The molecule has 0 fully saturated rings. The summed E-state index contributed by atoms with van der Waals surface area (Å²) in [5.74, 6) is -0.732. The first-order chi connectivity index (χ1) is 9.99. The molecule has 0 aliphatic rings. The zero-order chi connectivity index (χ0) is 15.4. The summed E-state index contributed by atoms with van der Waals surface area (Å²) in [5.41, 5.74) is 1.72. The van der Waals surface area contributed by atoms with Gasteiger partial charge in [0.1, 0.15) is 4.88 Å². The van der Waals surface area contributed by atoms with Gasteiger partial charge in [0.25, 0.3) is 5.91 Å². The van der Waals surface area contributed by atoms with Crippen LogP contribution in [0.25, 0.3) is 0 Å². The number of thiophene rings is 1. The van der Waals surface area contributed by atoms with E-state index in [2.05, 4.69) is 10.5 Å². The van der Waals surface area contributed by atoms with Gasteiger partial charge in [-0.25, -0.2) is 4.79 Å². The fourth-order valence-electron chi connectivity index (χ4n) is 1.77. The maximum Gasteiger partial charge on any atom is 0.348 e. The molecular weight excluding hydrogens is 292 g/mol. The monoisotopic (exact) mass is 308 g/mol. The van der Waals surface area contributed by atoms with Crippen molar-refractivity contribution >= 4 is 29.1 Å². The topological polar surface area (TPSA) is 81.4 Å². The number of nitrogens with one attached hydrogen (secondary N) is 1. The summed E-state index contributed by atoms with van der Waals surface area (Å²) in [6.07, 6.45) is 0.870. The first kappa shape index (κ1) is 15.2. The molecule has 0 radical (unpaired) electrons. The van der Waals surface area contributed by atoms with Crippen LogP contribution in [0.1, 0.15) is 32.7 Å². The molecule has 0 atom stereocenters. The molecule has 6 nitrogen and oxygen atoms in total. The van der Waals surface area contributed by atoms with Crippen molar-refractivity contribution in [3.05, 3.63) is 33.1 Å². The highest BCUT2D eigenvalue weighted by Crippen LogP contribution is 2.23. The average Bonchev–Trinajstić information content (AvgIpc) is 3.02. The molecule has 0 saturated heterocycles. The van der Waals surface area contributed by atoms with Crippen molar-refractivity contribution in [3.63, 3.8) is 0 Å². The lowest BCUT2D eigenvalue weighted by molar-refractivity contribution is -0.119. The molecule has 1 amide bonds. The number of esters is 1. The SMILES string of the molecule is CCc1sc(C(=O)OCC(=O)Nc2cc(C)no2)cc1C. The molecule has 2 rings (SSSR count). The minimum atomic E-state index is -0.494. The zero-order valence-corrected chi connectivity index (χ0v) is 12.9. The van der Waals surface area contributed by atoms with Gasteiger partial charge in [-0.2, -0.15) is 0 Å². The number of rotatable bonds is 5. The first-order valence-corrected chi connectivity index (χ1v) is 7.31. The Bertz CT molecular complexity index is 660. The molecule has 21 heavy (non-hydrogen) atoms. The average molecular weight is 308 g/mol. The minimum Gasteiger partial charge on any atom is -0.451 e. The predicted molar refractivity (Wildman–Crippen MR) is 78.6 cm³/mol. The van der Waals surface area contributed by atoms with Crippen molar-refractivity contribution in [2.45, 2.75) is 27.2 Å². The third kappa shape index (κ3) is 3.91. The van der Waals surface area contributed by atoms with E-state index in [1.165, 1.54) is 11.3 Å². The van der Waals surface area contributed by atoms with Gasteiger partial charge < -0.3 is 9.26 Å². The molecule has 7 heteroatoms. The van der Waals surface area contributed by atoms with Gasteiger partial charge in [-0.3, -0.25) is 10.1 Å². The second-order valence-electron chi connectivity index (χ2n) is 4.53. The van der Waals surface area contributed by atoms with Crippen LogP contribution in [-0.4, -0.2) is 23.6 Å². The van der Waals surface area contributed by atoms with Crippen LogP contribution in [-0.2, 0) is 16.0 Å². The van der Waals surface area contributed by atoms with E-state index in [1.54, 1.807) is 19.1 Å². The molecule has 0 aromatic carbocycles. The number of hydrogen-bond acceptors (Lipinski definition) is 6. The normalized spacial score (nSPS) is 10.4. The van der Waals surface area contributed by atoms with Crippen molar-refractivity contribution in [1.82, 2.24) is 5.16 Å². The van der Waals surface area contributed by atoms with Crippen molar-refractivity contribution in [2.75, 3.05) is 11.9 Å². The van der Waals surface area contributed by atoms with Crippen molar-refractivity contribution in [3.8, 4) is 0 Å². The minimum absolute atomic E-state index is 0.230. The van der Waals surface area contributed by atoms with Gasteiger partial charge in [0.15, 0.2) is 6.61 Å². The quantitative estimate of drug-likeness (QED) is 0.859. The van der Waals surface area contributed by atoms with Crippen molar-refractivity contribution in [1.29, 1.82) is 0 Å². The van der Waals surface area contributed by atoms with Crippen LogP contribution < -0.4 is 5.32 Å². The number of carbonyl (C=O) groups excluding carboxylic acids is 2. The Morgan fingerprint density at radius 2 is 2.14 bits per heavy atom. The third-order valence-electron chi connectivity index (χ3n) is 2.77. The largest absolute Gasteiger partial charge is 0.451 e. The number of carbonyl (C=O) groups is 2. The first-order valence-electron chi connectivity index (χ1n) is 6.49. The number of amides is 1. The van der Waals surface area contributed by atoms with Crippen molar-refractivity contribution in [2.24, 2.45) is 0 Å². The van der Waals surface area contributed by atoms with E-state index in [9.17, 15) is 9.59 Å². The highest BCUT2D eigenvalue weighted by molar-refractivity contribution is 7.14. The molecule has 0 bridgehead atoms. The molecule has 2 aromatic heterocycles. The fraction of sp³-hybridized carbons (Fsp3) is 0.357. The van der Waals surface area contributed by atoms with Crippen LogP contribution >= 0.6 is 11.3 Å². The summed E-state index contributed by atoms with van der Waals surface area (Å²) >= 11 is 1.39. The maximum absolute atomic E-state index is 11.9. The summed E-state index contributed by atoms with van der Waals surface area (Å²) in [4.78, 5) is 25.1. The third-order valence-corrected chi connectivity index (χ3v) is 4.13. The van der Waals surface area contributed by atoms with Crippen LogP contribution in [0, 0.1) is 13.8 Å². The molecule has 0 saturated carbocycles. The number of hydrogen-bond donors (Lipinski definition) is 1. The van der Waals surface area contributed by atoms with E-state index in [1.807, 2.05) is 13.8 Å². The van der Waals surface area contributed by atoms with Crippen LogP contribution in [0.3, 0.4) is 0 Å². The zero-order valence-electron chi connectivity index (χ0n) is 12.1. The number of aryl methyl sites for hydroxylation is 3. The van der Waals surface area contributed by atoms with E-state index < -0.39 is 11.9 Å². The smallest absolute Gasteiger partial charge is 0.348 e. The van der Waals surface area contributed by atoms with E-state index in [0.717, 1.165) is 16.9 Å². The molecule has 112 valence electrons. The second-order valence-corrected chi connectivity index (χ2v) is 5.66. The molecule has 2 aromatic rings. The Labute approximate surface area is 126 Å². The Morgan fingerprint density at radius 1 is 1.38 bits per heavy atom. The second kappa shape index (κ2) is 6.53. The molecule has 0 unspecified atom stereocenters. The number of anilines is 1. The Morgan fingerprint density at radius 3 is 2.71 bits per heavy atom. The molecular formula is C14H16N2O4S. The van der Waals surface area contributed by atoms with Crippen LogP contribution in [0.4, 0.5) is 5.88 Å². The lowest BCUT2D eigenvalue weighted by atomic mass is 10.2. The summed E-state index contributed by atoms with van der Waals surface area (Å²) in [7, 11) is 0. The van der Waals surface area contributed by atoms with Crippen LogP contribution in [0.5, 0.6) is 0 Å². The van der Waals surface area contributed by atoms with Gasteiger partial charge in [0.05, 0.1) is 5.69 Å². The van der Waals surface area contributed by atoms with Crippen molar-refractivity contribution < 1.29 is 18.8 Å². The Kier molecular flexibility index (Phi) is 4.74. The van der Waals surface area contributed by atoms with E-state index in [0.29, 0.717) is 10.6 Å². The summed E-state index contributed by atoms with van der Waals surface area (Å²) < 4.78 is 9.82. The molecule has 1 N–H and O–H groups in total. The fourth-order valence-corrected chi connectivity index (χ4v) is 2.78. The van der Waals surface area contributed by atoms with Gasteiger partial charge in [0.2, 0.25) is 5.88 Å². The highest BCUT2D eigenvalue weighted by atomic mass is 32.1. The molecule has 0 aliphatic heterocycles. The molecule has 2 heterocycles. The Balaban J connectivity index is 1.86. The van der Waals surface area contributed by atoms with Gasteiger partial charge in [-0.05, 0) is 31.9 Å². The lowest BCUT2D eigenvalue weighted by Gasteiger charge is -2.02. The summed E-state index contributed by atoms with van der Waals surface area (Å²) in [6.45, 7) is 5.35. The number of nitrogens with zero attached hydrogens (tertiary/aromatic N) is 1. The summed E-state index contributed by atoms with van der Waals surface area (Å²) in [5, 5.41) is 6.09. The standard InChI is InChI=1S/C14H16N2O4S/c1-4-10-8(2)5-11(21-10)14(18)19-7-12(17)15-13-6-9(3)16-20-13/h5-6H,4,7H2,1-3H3,(H,15,17). The van der Waals surface area contributed by atoms with Gasteiger partial charge in [-0.15, -0.1) is 11.3 Å². The van der Waals surface area contributed by atoms with E-state index in [-0.39, 0.29) is 12.5 Å². The Hall–Kier alpha value is -2.15. The predicted octanol–water partition coefficient (Wildman–Crippen LogP) is 2.71. The van der Waals surface area contributed by atoms with E-state index >= 15 is 0 Å². The van der Waals surface area contributed by atoms with Gasteiger partial charge in [0, 0.05) is 10.9 Å². The lowest BCUT2D eigenvalue weighted by Crippen LogP contribution is -2.20. The highest BCUT2D eigenvalue weighted by Gasteiger charge is 2.15. The maximum atomic E-state index is 11.9. The van der Waals surface area contributed by atoms with Crippen LogP contribution in [0.15, 0.2) is 16.7 Å².